The predicted octanol–water partition coefficient (Wildman–Crippen LogP) is 2.01. The van der Waals surface area contributed by atoms with Crippen LogP contribution in [-0.2, 0) is 38.1 Å². The third kappa shape index (κ3) is 8.24. The van der Waals surface area contributed by atoms with Gasteiger partial charge in [-0.1, -0.05) is 20.1 Å². The van der Waals surface area contributed by atoms with Crippen LogP contribution in [0.25, 0.3) is 0 Å². The average molecular weight is 564 g/mol. The van der Waals surface area contributed by atoms with Gasteiger partial charge in [0.25, 0.3) is 5.60 Å². The second kappa shape index (κ2) is 14.2. The lowest BCUT2D eigenvalue weighted by Gasteiger charge is -2.35. The lowest BCUT2D eigenvalue weighted by Crippen LogP contribution is -2.59. The third-order valence-corrected chi connectivity index (χ3v) is 5.05. The molecule has 0 heterocycles. The van der Waals surface area contributed by atoms with Gasteiger partial charge in [-0.15, -0.1) is 0 Å². The molecule has 0 spiro atoms. The van der Waals surface area contributed by atoms with E-state index in [1.54, 1.807) is 6.92 Å². The normalized spacial score (nSPS) is 12.6. The summed E-state index contributed by atoms with van der Waals surface area (Å²) >= 11 is 0. The first kappa shape index (κ1) is 33.0. The molecule has 0 aliphatic heterocycles. The van der Waals surface area contributed by atoms with E-state index in [-0.39, 0.29) is 24.2 Å². The predicted molar refractivity (Wildman–Crippen MR) is 132 cm³/mol. The van der Waals surface area contributed by atoms with Gasteiger partial charge in [0.1, 0.15) is 0 Å². The molecule has 0 fully saturated rings. The zero-order valence-corrected chi connectivity index (χ0v) is 21.9. The van der Waals surface area contributed by atoms with Gasteiger partial charge in [-0.05, 0) is 38.5 Å². The number of hydrogen-bond acceptors (Lipinski definition) is 11. The molecule has 0 saturated heterocycles. The van der Waals surface area contributed by atoms with Crippen molar-refractivity contribution in [2.24, 2.45) is 0 Å². The van der Waals surface area contributed by atoms with E-state index in [1.807, 2.05) is 0 Å². The molecule has 0 amide bonds. The molecule has 2 unspecified atom stereocenters. The number of hydrogen-bond donors (Lipinski definition) is 3. The van der Waals surface area contributed by atoms with Crippen molar-refractivity contribution in [2.75, 3.05) is 13.2 Å². The Morgan fingerprint density at radius 1 is 0.850 bits per heavy atom. The second-order valence-electron chi connectivity index (χ2n) is 8.36. The number of carbonyl (C=O) groups is 7. The Morgan fingerprint density at radius 3 is 1.90 bits per heavy atom. The third-order valence-electron chi connectivity index (χ3n) is 5.05. The minimum atomic E-state index is -2.98. The molecule has 14 heteroatoms. The summed E-state index contributed by atoms with van der Waals surface area (Å²) in [5.74, 6) is -10.5. The van der Waals surface area contributed by atoms with Crippen molar-refractivity contribution >= 4 is 41.8 Å². The molecule has 2 atom stereocenters. The monoisotopic (exact) mass is 564 g/mol. The molecule has 3 N–H and O–H groups in total. The molecule has 0 saturated carbocycles. The first-order valence-corrected chi connectivity index (χ1v) is 11.5. The molecule has 0 aliphatic rings. The smallest absolute Gasteiger partial charge is 0.355 e. The highest BCUT2D eigenvalue weighted by Crippen LogP contribution is 2.30. The second-order valence-corrected chi connectivity index (χ2v) is 8.36. The van der Waals surface area contributed by atoms with E-state index in [1.165, 1.54) is 13.8 Å². The Labute approximate surface area is 227 Å². The lowest BCUT2D eigenvalue weighted by molar-refractivity contribution is -0.199. The number of aromatic carboxylic acids is 2. The highest BCUT2D eigenvalue weighted by molar-refractivity contribution is 6.04. The summed E-state index contributed by atoms with van der Waals surface area (Å²) in [6.45, 7) is 9.75. The number of rotatable bonds is 15. The Bertz CT molecular complexity index is 1240. The van der Waals surface area contributed by atoms with Crippen LogP contribution in [0.15, 0.2) is 42.5 Å². The molecular formula is C26H28O14. The summed E-state index contributed by atoms with van der Waals surface area (Å²) in [5, 5.41) is 28.5. The van der Waals surface area contributed by atoms with Gasteiger partial charge in [0.05, 0.1) is 29.9 Å². The summed E-state index contributed by atoms with van der Waals surface area (Å²) in [5.41, 5.74) is -5.42. The highest BCUT2D eigenvalue weighted by atomic mass is 16.6. The fraction of sp³-hybridized carbons (Fsp3) is 0.346. The summed E-state index contributed by atoms with van der Waals surface area (Å²) in [6.07, 6.45) is -3.23. The van der Waals surface area contributed by atoms with Crippen LogP contribution in [-0.4, -0.2) is 82.0 Å². The SMILES string of the molecule is C=C(C)C(=O)OCCC(OC(=O)c1ccc(C(=O)O)c(C(=O)O)c1)(C(=O)OCCC)C(OC(=O)C(=C)C)C(=O)O. The number of carboxylic acid groups (broad SMARTS) is 3. The zero-order chi connectivity index (χ0) is 30.8. The van der Waals surface area contributed by atoms with Gasteiger partial charge in [0.15, 0.2) is 0 Å². The van der Waals surface area contributed by atoms with Crippen molar-refractivity contribution < 1.29 is 67.8 Å². The van der Waals surface area contributed by atoms with Gasteiger partial charge < -0.3 is 34.3 Å². The maximum atomic E-state index is 13.3. The summed E-state index contributed by atoms with van der Waals surface area (Å²) in [6, 6.07) is 2.27. The van der Waals surface area contributed by atoms with E-state index < -0.39 is 83.2 Å². The minimum absolute atomic E-state index is 0.0561. The number of aliphatic carboxylic acids is 1. The largest absolute Gasteiger partial charge is 0.478 e. The van der Waals surface area contributed by atoms with Crippen molar-refractivity contribution in [2.45, 2.75) is 45.3 Å². The van der Waals surface area contributed by atoms with Crippen LogP contribution in [0.1, 0.15) is 64.7 Å². The zero-order valence-electron chi connectivity index (χ0n) is 21.9. The molecular weight excluding hydrogens is 536 g/mol. The highest BCUT2D eigenvalue weighted by Gasteiger charge is 2.57. The average Bonchev–Trinajstić information content (AvgIpc) is 2.88. The molecule has 216 valence electrons. The van der Waals surface area contributed by atoms with Gasteiger partial charge in [0, 0.05) is 17.6 Å². The molecule has 1 rings (SSSR count). The minimum Gasteiger partial charge on any atom is -0.478 e. The number of carboxylic acids is 3. The van der Waals surface area contributed by atoms with E-state index in [0.29, 0.717) is 6.07 Å². The summed E-state index contributed by atoms with van der Waals surface area (Å²) in [4.78, 5) is 85.9. The molecule has 40 heavy (non-hydrogen) atoms. The van der Waals surface area contributed by atoms with Gasteiger partial charge in [-0.2, -0.15) is 0 Å². The van der Waals surface area contributed by atoms with Crippen molar-refractivity contribution in [3.63, 3.8) is 0 Å². The van der Waals surface area contributed by atoms with Gasteiger partial charge in [-0.3, -0.25) is 0 Å². The van der Waals surface area contributed by atoms with Crippen LogP contribution in [0.4, 0.5) is 0 Å². The first-order valence-electron chi connectivity index (χ1n) is 11.5. The number of esters is 4. The van der Waals surface area contributed by atoms with E-state index in [9.17, 15) is 48.9 Å². The molecule has 0 radical (unpaired) electrons. The Kier molecular flexibility index (Phi) is 11.7. The fourth-order valence-corrected chi connectivity index (χ4v) is 3.03. The van der Waals surface area contributed by atoms with Crippen LogP contribution < -0.4 is 0 Å². The number of benzene rings is 1. The lowest BCUT2D eigenvalue weighted by atomic mass is 9.91. The molecule has 0 aromatic heterocycles. The van der Waals surface area contributed by atoms with E-state index in [2.05, 4.69) is 13.2 Å². The van der Waals surface area contributed by atoms with Gasteiger partial charge in [-0.25, -0.2) is 33.6 Å². The van der Waals surface area contributed by atoms with Gasteiger partial charge >= 0.3 is 41.8 Å². The van der Waals surface area contributed by atoms with Crippen molar-refractivity contribution in [1.82, 2.24) is 0 Å². The number of ether oxygens (including phenoxy) is 4. The topological polar surface area (TPSA) is 217 Å². The summed E-state index contributed by atoms with van der Waals surface area (Å²) < 4.78 is 20.3. The van der Waals surface area contributed by atoms with Crippen LogP contribution in [0.3, 0.4) is 0 Å². The van der Waals surface area contributed by atoms with E-state index >= 15 is 0 Å². The summed E-state index contributed by atoms with van der Waals surface area (Å²) in [7, 11) is 0. The van der Waals surface area contributed by atoms with E-state index in [0.717, 1.165) is 12.1 Å². The Balaban J connectivity index is 3.78. The first-order chi connectivity index (χ1) is 18.6. The quantitative estimate of drug-likeness (QED) is 0.158. The van der Waals surface area contributed by atoms with Crippen LogP contribution in [0.2, 0.25) is 0 Å². The fourth-order valence-electron chi connectivity index (χ4n) is 3.03. The standard InChI is InChI=1S/C26H28O14/c1-6-10-38-25(36)26(9-11-37-22(33)13(2)3,18(21(31)32)39-23(34)14(4)5)40-24(35)15-7-8-16(19(27)28)17(12-15)20(29)30/h7-8,12,18H,2,4,6,9-11H2,1,3,5H3,(H,27,28)(H,29,30)(H,31,32). The molecule has 1 aromatic carbocycles. The molecule has 0 aliphatic carbocycles. The van der Waals surface area contributed by atoms with E-state index in [4.69, 9.17) is 18.9 Å². The molecule has 1 aromatic rings. The maximum absolute atomic E-state index is 13.3. The van der Waals surface area contributed by atoms with Crippen LogP contribution in [0, 0.1) is 0 Å². The maximum Gasteiger partial charge on any atom is 0.355 e. The Hall–Kier alpha value is -5.01. The Morgan fingerprint density at radius 2 is 1.43 bits per heavy atom. The van der Waals surface area contributed by atoms with Crippen molar-refractivity contribution in [1.29, 1.82) is 0 Å². The van der Waals surface area contributed by atoms with Gasteiger partial charge in [0.2, 0.25) is 6.10 Å². The van der Waals surface area contributed by atoms with Crippen LogP contribution >= 0.6 is 0 Å². The molecule has 14 nitrogen and oxygen atoms in total. The van der Waals surface area contributed by atoms with Crippen molar-refractivity contribution in [3.8, 4) is 0 Å². The number of carbonyl (C=O) groups excluding carboxylic acids is 4. The van der Waals surface area contributed by atoms with Crippen LogP contribution in [0.5, 0.6) is 0 Å². The molecule has 0 bridgehead atoms. The van der Waals surface area contributed by atoms with Crippen molar-refractivity contribution in [3.05, 3.63) is 59.2 Å².